The van der Waals surface area contributed by atoms with Gasteiger partial charge >= 0.3 is 6.09 Å². The third kappa shape index (κ3) is 4.96. The first kappa shape index (κ1) is 17.8. The molecule has 2 heterocycles. The van der Waals surface area contributed by atoms with Crippen molar-refractivity contribution in [2.45, 2.75) is 58.6 Å². The lowest BCUT2D eigenvalue weighted by Gasteiger charge is -2.36. The van der Waals surface area contributed by atoms with Crippen LogP contribution in [-0.4, -0.2) is 41.6 Å². The molecule has 5 nitrogen and oxygen atoms in total. The van der Waals surface area contributed by atoms with Gasteiger partial charge in [-0.05, 0) is 64.0 Å². The fraction of sp³-hybridized carbons (Fsp3) is 0.647. The van der Waals surface area contributed by atoms with Gasteiger partial charge in [-0.3, -0.25) is 4.79 Å². The third-order valence-electron chi connectivity index (χ3n) is 3.83. The van der Waals surface area contributed by atoms with Gasteiger partial charge in [0, 0.05) is 19.1 Å². The number of carbonyl (C=O) groups excluding carboxylic acids is 2. The highest BCUT2D eigenvalue weighted by Crippen LogP contribution is 2.23. The molecule has 6 heteroatoms. The number of hydrogen-bond donors (Lipinski definition) is 1. The van der Waals surface area contributed by atoms with Crippen molar-refractivity contribution in [3.05, 3.63) is 21.9 Å². The third-order valence-corrected chi connectivity index (χ3v) is 4.83. The molecule has 1 saturated heterocycles. The summed E-state index contributed by atoms with van der Waals surface area (Å²) in [6.07, 6.45) is 2.57. The number of hydrogen-bond acceptors (Lipinski definition) is 4. The molecule has 1 aliphatic heterocycles. The number of ether oxygens (including phenoxy) is 1. The highest BCUT2D eigenvalue weighted by molar-refractivity contribution is 7.12. The molecule has 2 rings (SSSR count). The van der Waals surface area contributed by atoms with E-state index in [2.05, 4.69) is 5.32 Å². The van der Waals surface area contributed by atoms with Crippen LogP contribution < -0.4 is 5.32 Å². The average molecular weight is 338 g/mol. The minimum Gasteiger partial charge on any atom is -0.444 e. The summed E-state index contributed by atoms with van der Waals surface area (Å²) >= 11 is 1.48. The van der Waals surface area contributed by atoms with E-state index < -0.39 is 11.7 Å². The first-order valence-electron chi connectivity index (χ1n) is 8.10. The van der Waals surface area contributed by atoms with Crippen LogP contribution in [0.3, 0.4) is 0 Å². The number of nitrogens with zero attached hydrogens (tertiary/aromatic N) is 1. The van der Waals surface area contributed by atoms with E-state index in [1.54, 1.807) is 0 Å². The van der Waals surface area contributed by atoms with Gasteiger partial charge in [-0.2, -0.15) is 0 Å². The van der Waals surface area contributed by atoms with Gasteiger partial charge < -0.3 is 15.0 Å². The van der Waals surface area contributed by atoms with Crippen LogP contribution in [0.1, 0.15) is 55.3 Å². The summed E-state index contributed by atoms with van der Waals surface area (Å²) in [6, 6.07) is 2.00. The maximum atomic E-state index is 12.8. The summed E-state index contributed by atoms with van der Waals surface area (Å²) < 4.78 is 5.26. The van der Waals surface area contributed by atoms with E-state index in [9.17, 15) is 9.59 Å². The first-order valence-corrected chi connectivity index (χ1v) is 8.98. The molecule has 1 unspecified atom stereocenters. The Balaban J connectivity index is 1.97. The van der Waals surface area contributed by atoms with Crippen LogP contribution in [0.4, 0.5) is 4.79 Å². The molecule has 1 atom stereocenters. The Morgan fingerprint density at radius 3 is 2.74 bits per heavy atom. The summed E-state index contributed by atoms with van der Waals surface area (Å²) in [5, 5.41) is 4.75. The molecule has 2 amide bonds. The highest BCUT2D eigenvalue weighted by Gasteiger charge is 2.29. The van der Waals surface area contributed by atoms with E-state index in [-0.39, 0.29) is 11.9 Å². The van der Waals surface area contributed by atoms with Crippen LogP contribution in [0.25, 0.3) is 0 Å². The Hall–Kier alpha value is -1.56. The molecule has 1 N–H and O–H groups in total. The zero-order valence-electron chi connectivity index (χ0n) is 14.3. The van der Waals surface area contributed by atoms with Crippen molar-refractivity contribution in [2.75, 3.05) is 13.1 Å². The monoisotopic (exact) mass is 338 g/mol. The van der Waals surface area contributed by atoms with Gasteiger partial charge in [-0.15, -0.1) is 11.3 Å². The number of carbonyl (C=O) groups is 2. The standard InChI is InChI=1S/C17H26N2O3S/c1-12-8-10-23-14(12)15(20)19-9-6-5-7-13(19)11-18-16(21)22-17(2,3)4/h8,10,13H,5-7,9,11H2,1-4H3,(H,18,21). The molecule has 1 aromatic heterocycles. The van der Waals surface area contributed by atoms with Crippen LogP contribution in [0.2, 0.25) is 0 Å². The van der Waals surface area contributed by atoms with Crippen molar-refractivity contribution in [1.82, 2.24) is 10.2 Å². The number of amides is 2. The minimum absolute atomic E-state index is 0.0327. The molecule has 1 aliphatic rings. The van der Waals surface area contributed by atoms with Crippen molar-refractivity contribution < 1.29 is 14.3 Å². The Morgan fingerprint density at radius 1 is 1.39 bits per heavy atom. The molecule has 0 spiro atoms. The first-order chi connectivity index (χ1) is 10.8. The molecule has 128 valence electrons. The van der Waals surface area contributed by atoms with Gasteiger partial charge in [0.1, 0.15) is 5.60 Å². The highest BCUT2D eigenvalue weighted by atomic mass is 32.1. The quantitative estimate of drug-likeness (QED) is 0.916. The predicted molar refractivity (Wildman–Crippen MR) is 92.0 cm³/mol. The number of thiophene rings is 1. The molecule has 1 aromatic rings. The summed E-state index contributed by atoms with van der Waals surface area (Å²) in [7, 11) is 0. The van der Waals surface area contributed by atoms with E-state index in [1.165, 1.54) is 11.3 Å². The Morgan fingerprint density at radius 2 is 2.13 bits per heavy atom. The van der Waals surface area contributed by atoms with E-state index in [0.29, 0.717) is 6.54 Å². The Labute approximate surface area is 142 Å². The maximum Gasteiger partial charge on any atom is 0.407 e. The molecular formula is C17H26N2O3S. The zero-order chi connectivity index (χ0) is 17.0. The number of nitrogens with one attached hydrogen (secondary N) is 1. The molecule has 1 fully saturated rings. The molecule has 0 saturated carbocycles. The van der Waals surface area contributed by atoms with Gasteiger partial charge in [-0.1, -0.05) is 0 Å². The lowest BCUT2D eigenvalue weighted by molar-refractivity contribution is 0.0463. The van der Waals surface area contributed by atoms with Crippen LogP contribution in [0, 0.1) is 6.92 Å². The summed E-state index contributed by atoms with van der Waals surface area (Å²) in [4.78, 5) is 27.3. The number of aryl methyl sites for hydroxylation is 1. The molecule has 0 aromatic carbocycles. The normalized spacial score (nSPS) is 18.6. The molecule has 0 bridgehead atoms. The van der Waals surface area contributed by atoms with Crippen molar-refractivity contribution in [1.29, 1.82) is 0 Å². The van der Waals surface area contributed by atoms with Gasteiger partial charge in [0.2, 0.25) is 0 Å². The lowest BCUT2D eigenvalue weighted by Crippen LogP contribution is -2.49. The summed E-state index contributed by atoms with van der Waals surface area (Å²) in [6.45, 7) is 8.65. The molecule has 23 heavy (non-hydrogen) atoms. The second kappa shape index (κ2) is 7.34. The van der Waals surface area contributed by atoms with Gasteiger partial charge in [0.15, 0.2) is 0 Å². The minimum atomic E-state index is -0.514. The maximum absolute atomic E-state index is 12.8. The lowest BCUT2D eigenvalue weighted by atomic mass is 10.0. The summed E-state index contributed by atoms with van der Waals surface area (Å²) in [5.74, 6) is 0.0770. The van der Waals surface area contributed by atoms with Crippen LogP contribution in [0.5, 0.6) is 0 Å². The SMILES string of the molecule is Cc1ccsc1C(=O)N1CCCCC1CNC(=O)OC(C)(C)C. The van der Waals surface area contributed by atoms with E-state index in [4.69, 9.17) is 4.74 Å². The van der Waals surface area contributed by atoms with Gasteiger partial charge in [-0.25, -0.2) is 4.79 Å². The van der Waals surface area contributed by atoms with Crippen molar-refractivity contribution in [3.63, 3.8) is 0 Å². The second-order valence-electron chi connectivity index (χ2n) is 6.96. The molecule has 0 aliphatic carbocycles. The second-order valence-corrected chi connectivity index (χ2v) is 7.88. The van der Waals surface area contributed by atoms with Crippen molar-refractivity contribution in [2.24, 2.45) is 0 Å². The van der Waals surface area contributed by atoms with E-state index in [1.807, 2.05) is 44.0 Å². The molecule has 0 radical (unpaired) electrons. The van der Waals surface area contributed by atoms with Gasteiger partial charge in [0.05, 0.1) is 4.88 Å². The topological polar surface area (TPSA) is 58.6 Å². The van der Waals surface area contributed by atoms with E-state index >= 15 is 0 Å². The average Bonchev–Trinajstić information content (AvgIpc) is 2.89. The smallest absolute Gasteiger partial charge is 0.407 e. The largest absolute Gasteiger partial charge is 0.444 e. The number of alkyl carbamates (subject to hydrolysis) is 1. The van der Waals surface area contributed by atoms with Crippen LogP contribution in [-0.2, 0) is 4.74 Å². The Kier molecular flexibility index (Phi) is 5.68. The fourth-order valence-electron chi connectivity index (χ4n) is 2.72. The van der Waals surface area contributed by atoms with E-state index in [0.717, 1.165) is 36.2 Å². The van der Waals surface area contributed by atoms with Gasteiger partial charge in [0.25, 0.3) is 5.91 Å². The Bertz CT molecular complexity index is 562. The van der Waals surface area contributed by atoms with Crippen molar-refractivity contribution in [3.8, 4) is 0 Å². The number of likely N-dealkylation sites (tertiary alicyclic amines) is 1. The zero-order valence-corrected chi connectivity index (χ0v) is 15.2. The van der Waals surface area contributed by atoms with Crippen molar-refractivity contribution >= 4 is 23.3 Å². The number of rotatable bonds is 3. The fourth-order valence-corrected chi connectivity index (χ4v) is 3.60. The summed E-state index contributed by atoms with van der Waals surface area (Å²) in [5.41, 5.74) is 0.504. The van der Waals surface area contributed by atoms with Crippen LogP contribution in [0.15, 0.2) is 11.4 Å². The number of piperidine rings is 1. The molecular weight excluding hydrogens is 312 g/mol. The predicted octanol–water partition coefficient (Wildman–Crippen LogP) is 3.58. The van der Waals surface area contributed by atoms with Crippen LogP contribution >= 0.6 is 11.3 Å².